The summed E-state index contributed by atoms with van der Waals surface area (Å²) in [6.07, 6.45) is 0.843. The van der Waals surface area contributed by atoms with Crippen molar-refractivity contribution in [2.24, 2.45) is 5.73 Å². The fourth-order valence-corrected chi connectivity index (χ4v) is 1.84. The van der Waals surface area contributed by atoms with Gasteiger partial charge in [-0.05, 0) is 43.7 Å². The molecule has 0 radical (unpaired) electrons. The number of carboxylic acids is 2. The molecule has 0 aliphatic carbocycles. The molecule has 7 heteroatoms. The van der Waals surface area contributed by atoms with E-state index in [4.69, 9.17) is 25.5 Å². The molecule has 0 spiro atoms. The Hall–Kier alpha value is -2.54. The van der Waals surface area contributed by atoms with Crippen molar-refractivity contribution in [3.05, 3.63) is 29.5 Å². The van der Waals surface area contributed by atoms with Crippen LogP contribution in [0.2, 0.25) is 0 Å². The van der Waals surface area contributed by atoms with Crippen molar-refractivity contribution in [2.45, 2.75) is 13.3 Å². The molecule has 0 aliphatic rings. The fraction of sp³-hybridized carbons (Fsp3) is 0.231. The van der Waals surface area contributed by atoms with Gasteiger partial charge < -0.3 is 26.0 Å². The van der Waals surface area contributed by atoms with Crippen LogP contribution < -0.4 is 5.73 Å². The van der Waals surface area contributed by atoms with Crippen molar-refractivity contribution in [1.82, 2.24) is 4.98 Å². The number of fused-ring (bicyclic) bond motifs is 1. The number of aliphatic carboxylic acids is 2. The first-order valence-electron chi connectivity index (χ1n) is 5.83. The standard InChI is InChI=1S/C11H14N2O.C2H2O4/c1-7-9(4-5-12)10-6-8(14)2-3-11(10)13-7;3-1(4)2(5)6/h2-3,6,13-14H,4-5,12H2,1H3;(H,3,4)(H,5,6). The van der Waals surface area contributed by atoms with E-state index in [1.807, 2.05) is 13.0 Å². The van der Waals surface area contributed by atoms with Crippen molar-refractivity contribution in [3.63, 3.8) is 0 Å². The van der Waals surface area contributed by atoms with E-state index in [1.54, 1.807) is 12.1 Å². The molecule has 0 amide bonds. The largest absolute Gasteiger partial charge is 0.508 e. The van der Waals surface area contributed by atoms with Gasteiger partial charge in [-0.2, -0.15) is 0 Å². The van der Waals surface area contributed by atoms with Crippen LogP contribution >= 0.6 is 0 Å². The highest BCUT2D eigenvalue weighted by Gasteiger charge is 2.07. The number of aromatic amines is 1. The van der Waals surface area contributed by atoms with Crippen LogP contribution in [0, 0.1) is 6.92 Å². The van der Waals surface area contributed by atoms with Crippen molar-refractivity contribution in [1.29, 1.82) is 0 Å². The van der Waals surface area contributed by atoms with Gasteiger partial charge in [-0.3, -0.25) is 0 Å². The Morgan fingerprint density at radius 1 is 1.25 bits per heavy atom. The maximum atomic E-state index is 9.39. The molecule has 0 bridgehead atoms. The molecule has 0 unspecified atom stereocenters. The van der Waals surface area contributed by atoms with Gasteiger partial charge in [0, 0.05) is 16.6 Å². The van der Waals surface area contributed by atoms with Crippen molar-refractivity contribution in [2.75, 3.05) is 6.54 Å². The monoisotopic (exact) mass is 280 g/mol. The van der Waals surface area contributed by atoms with Crippen LogP contribution in [0.15, 0.2) is 18.2 Å². The van der Waals surface area contributed by atoms with Crippen molar-refractivity contribution in [3.8, 4) is 5.75 Å². The first-order chi connectivity index (χ1) is 9.36. The Kier molecular flexibility index (Phi) is 5.10. The number of aryl methyl sites for hydroxylation is 1. The number of benzene rings is 1. The fourth-order valence-electron chi connectivity index (χ4n) is 1.84. The summed E-state index contributed by atoms with van der Waals surface area (Å²) in [5.74, 6) is -3.35. The zero-order valence-electron chi connectivity index (χ0n) is 10.9. The third-order valence-corrected chi connectivity index (χ3v) is 2.68. The van der Waals surface area contributed by atoms with E-state index in [1.165, 1.54) is 5.56 Å². The lowest BCUT2D eigenvalue weighted by molar-refractivity contribution is -0.159. The lowest BCUT2D eigenvalue weighted by atomic mass is 10.1. The zero-order chi connectivity index (χ0) is 15.3. The van der Waals surface area contributed by atoms with Crippen LogP contribution in [-0.2, 0) is 16.0 Å². The molecule has 6 N–H and O–H groups in total. The highest BCUT2D eigenvalue weighted by Crippen LogP contribution is 2.25. The van der Waals surface area contributed by atoms with E-state index >= 15 is 0 Å². The third kappa shape index (κ3) is 3.72. The van der Waals surface area contributed by atoms with Gasteiger partial charge in [0.2, 0.25) is 0 Å². The Bertz CT molecular complexity index is 621. The molecule has 2 rings (SSSR count). The molecule has 1 aromatic heterocycles. The SMILES string of the molecule is Cc1[nH]c2ccc(O)cc2c1CCN.O=C(O)C(=O)O. The summed E-state index contributed by atoms with van der Waals surface area (Å²) in [5, 5.41) is 25.2. The second-order valence-corrected chi connectivity index (χ2v) is 4.11. The summed E-state index contributed by atoms with van der Waals surface area (Å²) in [6.45, 7) is 2.66. The van der Waals surface area contributed by atoms with Crippen LogP contribution in [-0.4, -0.2) is 38.8 Å². The van der Waals surface area contributed by atoms with Gasteiger partial charge >= 0.3 is 11.9 Å². The summed E-state index contributed by atoms with van der Waals surface area (Å²) in [7, 11) is 0. The van der Waals surface area contributed by atoms with Crippen LogP contribution in [0.5, 0.6) is 5.75 Å². The van der Waals surface area contributed by atoms with E-state index < -0.39 is 11.9 Å². The number of aromatic nitrogens is 1. The number of nitrogens with one attached hydrogen (secondary N) is 1. The topological polar surface area (TPSA) is 137 Å². The summed E-state index contributed by atoms with van der Waals surface area (Å²) in [6, 6.07) is 5.35. The summed E-state index contributed by atoms with van der Waals surface area (Å²) >= 11 is 0. The van der Waals surface area contributed by atoms with E-state index in [-0.39, 0.29) is 0 Å². The summed E-state index contributed by atoms with van der Waals surface area (Å²) in [4.78, 5) is 21.5. The van der Waals surface area contributed by atoms with Gasteiger partial charge in [-0.15, -0.1) is 0 Å². The number of hydrogen-bond acceptors (Lipinski definition) is 4. The summed E-state index contributed by atoms with van der Waals surface area (Å²) < 4.78 is 0. The predicted octanol–water partition coefficient (Wildman–Crippen LogP) is 0.839. The normalized spacial score (nSPS) is 9.90. The zero-order valence-corrected chi connectivity index (χ0v) is 10.9. The van der Waals surface area contributed by atoms with Crippen LogP contribution in [0.1, 0.15) is 11.3 Å². The lowest BCUT2D eigenvalue weighted by Gasteiger charge is -1.98. The molecule has 108 valence electrons. The second kappa shape index (κ2) is 6.58. The van der Waals surface area contributed by atoms with Gasteiger partial charge in [0.05, 0.1) is 0 Å². The van der Waals surface area contributed by atoms with E-state index in [0.29, 0.717) is 12.3 Å². The van der Waals surface area contributed by atoms with Crippen molar-refractivity contribution >= 4 is 22.8 Å². The molecule has 0 saturated carbocycles. The van der Waals surface area contributed by atoms with Gasteiger partial charge in [0.15, 0.2) is 0 Å². The molecule has 7 nitrogen and oxygen atoms in total. The number of H-pyrrole nitrogens is 1. The second-order valence-electron chi connectivity index (χ2n) is 4.11. The average Bonchev–Trinajstić information content (AvgIpc) is 2.67. The Balaban J connectivity index is 0.000000286. The molecule has 1 heterocycles. The number of phenols is 1. The minimum absolute atomic E-state index is 0.301. The molecular weight excluding hydrogens is 264 g/mol. The minimum atomic E-state index is -1.82. The first kappa shape index (κ1) is 15.5. The molecular formula is C13H16N2O5. The number of hydrogen-bond donors (Lipinski definition) is 5. The Labute approximate surface area is 114 Å². The van der Waals surface area contributed by atoms with Gasteiger partial charge in [-0.1, -0.05) is 0 Å². The van der Waals surface area contributed by atoms with Crippen LogP contribution in [0.3, 0.4) is 0 Å². The average molecular weight is 280 g/mol. The number of aromatic hydroxyl groups is 1. The molecule has 0 atom stereocenters. The molecule has 0 aliphatic heterocycles. The maximum Gasteiger partial charge on any atom is 0.414 e. The molecule has 0 fully saturated rings. The number of nitrogens with two attached hydrogens (primary N) is 1. The number of carboxylic acid groups (broad SMARTS) is 2. The van der Waals surface area contributed by atoms with Gasteiger partial charge in [0.25, 0.3) is 0 Å². The van der Waals surface area contributed by atoms with Crippen LogP contribution in [0.4, 0.5) is 0 Å². The Morgan fingerprint density at radius 2 is 1.85 bits per heavy atom. The highest BCUT2D eigenvalue weighted by molar-refractivity contribution is 6.27. The van der Waals surface area contributed by atoms with E-state index in [0.717, 1.165) is 23.0 Å². The smallest absolute Gasteiger partial charge is 0.414 e. The first-order valence-corrected chi connectivity index (χ1v) is 5.83. The third-order valence-electron chi connectivity index (χ3n) is 2.68. The molecule has 20 heavy (non-hydrogen) atoms. The molecule has 1 aromatic carbocycles. The number of phenolic OH excluding ortho intramolecular Hbond substituents is 1. The van der Waals surface area contributed by atoms with E-state index in [2.05, 4.69) is 4.98 Å². The molecule has 2 aromatic rings. The summed E-state index contributed by atoms with van der Waals surface area (Å²) in [5.41, 5.74) is 8.94. The maximum absolute atomic E-state index is 9.39. The van der Waals surface area contributed by atoms with E-state index in [9.17, 15) is 5.11 Å². The Morgan fingerprint density at radius 3 is 2.35 bits per heavy atom. The van der Waals surface area contributed by atoms with Crippen LogP contribution in [0.25, 0.3) is 10.9 Å². The van der Waals surface area contributed by atoms with Crippen molar-refractivity contribution < 1.29 is 24.9 Å². The predicted molar refractivity (Wildman–Crippen MR) is 72.7 cm³/mol. The molecule has 0 saturated heterocycles. The van der Waals surface area contributed by atoms with Gasteiger partial charge in [-0.25, -0.2) is 9.59 Å². The highest BCUT2D eigenvalue weighted by atomic mass is 16.4. The number of rotatable bonds is 2. The number of carbonyl (C=O) groups is 2. The lowest BCUT2D eigenvalue weighted by Crippen LogP contribution is -2.09. The van der Waals surface area contributed by atoms with Gasteiger partial charge in [0.1, 0.15) is 5.75 Å². The minimum Gasteiger partial charge on any atom is -0.508 e. The quantitative estimate of drug-likeness (QED) is 0.517.